The van der Waals surface area contributed by atoms with Gasteiger partial charge < -0.3 is 19.7 Å². The Kier molecular flexibility index (Phi) is 5.28. The summed E-state index contributed by atoms with van der Waals surface area (Å²) in [7, 11) is 1.98. The van der Waals surface area contributed by atoms with Crippen LogP contribution in [0.5, 0.6) is 11.5 Å². The number of nitrogens with one attached hydrogen (secondary N) is 1. The van der Waals surface area contributed by atoms with Crippen LogP contribution in [0.3, 0.4) is 0 Å². The summed E-state index contributed by atoms with van der Waals surface area (Å²) < 4.78 is 8.48. The number of hydrogen-bond donors (Lipinski definition) is 2. The highest BCUT2D eigenvalue weighted by atomic mass is 79.9. The number of halogens is 1. The molecule has 2 aromatic carbocycles. The first-order valence-electron chi connectivity index (χ1n) is 8.04. The predicted octanol–water partition coefficient (Wildman–Crippen LogP) is 4.57. The molecule has 130 valence electrons. The van der Waals surface area contributed by atoms with Gasteiger partial charge in [0.1, 0.15) is 0 Å². The Morgan fingerprint density at radius 1 is 1.24 bits per heavy atom. The third-order valence-corrected chi connectivity index (χ3v) is 4.38. The van der Waals surface area contributed by atoms with E-state index in [1.807, 2.05) is 49.0 Å². The van der Waals surface area contributed by atoms with Crippen molar-refractivity contribution >= 4 is 21.9 Å². The van der Waals surface area contributed by atoms with Gasteiger partial charge >= 0.3 is 0 Å². The van der Waals surface area contributed by atoms with Crippen LogP contribution in [-0.2, 0) is 13.6 Å². The molecule has 0 fully saturated rings. The molecule has 0 saturated carbocycles. The molecule has 0 unspecified atom stereocenters. The SMILES string of the molecule is CCOc1cc(CNc2ncc(-c3cccc(Br)c3)n2C)ccc1O. The average molecular weight is 402 g/mol. The van der Waals surface area contributed by atoms with Gasteiger partial charge in [-0.25, -0.2) is 4.98 Å². The fourth-order valence-corrected chi connectivity index (χ4v) is 3.01. The Labute approximate surface area is 155 Å². The Morgan fingerprint density at radius 2 is 2.08 bits per heavy atom. The van der Waals surface area contributed by atoms with Crippen molar-refractivity contribution in [1.82, 2.24) is 9.55 Å². The summed E-state index contributed by atoms with van der Waals surface area (Å²) in [6.45, 7) is 2.99. The smallest absolute Gasteiger partial charge is 0.203 e. The minimum Gasteiger partial charge on any atom is -0.504 e. The van der Waals surface area contributed by atoms with Crippen molar-refractivity contribution in [3.8, 4) is 22.8 Å². The minimum atomic E-state index is 0.152. The monoisotopic (exact) mass is 401 g/mol. The van der Waals surface area contributed by atoms with Crippen molar-refractivity contribution in [2.24, 2.45) is 7.05 Å². The molecule has 1 heterocycles. The Morgan fingerprint density at radius 3 is 2.84 bits per heavy atom. The van der Waals surface area contributed by atoms with Crippen LogP contribution in [0.1, 0.15) is 12.5 Å². The van der Waals surface area contributed by atoms with E-state index >= 15 is 0 Å². The first-order chi connectivity index (χ1) is 12.1. The highest BCUT2D eigenvalue weighted by Crippen LogP contribution is 2.28. The molecule has 6 heteroatoms. The van der Waals surface area contributed by atoms with Crippen molar-refractivity contribution in [2.45, 2.75) is 13.5 Å². The number of anilines is 1. The van der Waals surface area contributed by atoms with Crippen molar-refractivity contribution < 1.29 is 9.84 Å². The third-order valence-electron chi connectivity index (χ3n) is 3.88. The topological polar surface area (TPSA) is 59.3 Å². The molecule has 2 N–H and O–H groups in total. The second kappa shape index (κ2) is 7.61. The van der Waals surface area contributed by atoms with Gasteiger partial charge in [-0.05, 0) is 36.8 Å². The number of phenolic OH excluding ortho intramolecular Hbond substituents is 1. The molecular weight excluding hydrogens is 382 g/mol. The fraction of sp³-hybridized carbons (Fsp3) is 0.211. The van der Waals surface area contributed by atoms with Crippen molar-refractivity contribution in [3.63, 3.8) is 0 Å². The number of aromatic hydroxyl groups is 1. The van der Waals surface area contributed by atoms with E-state index in [0.29, 0.717) is 18.9 Å². The lowest BCUT2D eigenvalue weighted by Gasteiger charge is -2.11. The molecule has 0 atom stereocenters. The van der Waals surface area contributed by atoms with E-state index in [1.54, 1.807) is 6.07 Å². The van der Waals surface area contributed by atoms with Crippen LogP contribution in [0.4, 0.5) is 5.95 Å². The number of hydrogen-bond acceptors (Lipinski definition) is 4. The van der Waals surface area contributed by atoms with E-state index in [0.717, 1.165) is 27.2 Å². The van der Waals surface area contributed by atoms with E-state index in [9.17, 15) is 5.11 Å². The van der Waals surface area contributed by atoms with Crippen molar-refractivity contribution in [3.05, 3.63) is 58.7 Å². The number of aromatic nitrogens is 2. The van der Waals surface area contributed by atoms with Gasteiger partial charge in [0.2, 0.25) is 5.95 Å². The predicted molar refractivity (Wildman–Crippen MR) is 103 cm³/mol. The molecule has 0 aliphatic rings. The Balaban J connectivity index is 1.75. The van der Waals surface area contributed by atoms with Crippen molar-refractivity contribution in [1.29, 1.82) is 0 Å². The number of phenols is 1. The first-order valence-corrected chi connectivity index (χ1v) is 8.84. The van der Waals surface area contributed by atoms with Gasteiger partial charge in [-0.2, -0.15) is 0 Å². The highest BCUT2D eigenvalue weighted by molar-refractivity contribution is 9.10. The summed E-state index contributed by atoms with van der Waals surface area (Å²) in [5, 5.41) is 13.1. The molecule has 0 saturated heterocycles. The second-order valence-electron chi connectivity index (χ2n) is 5.63. The lowest BCUT2D eigenvalue weighted by atomic mass is 10.2. The van der Waals surface area contributed by atoms with Gasteiger partial charge in [-0.3, -0.25) is 0 Å². The zero-order chi connectivity index (χ0) is 17.8. The third kappa shape index (κ3) is 3.96. The molecule has 0 spiro atoms. The largest absolute Gasteiger partial charge is 0.504 e. The van der Waals surface area contributed by atoms with E-state index < -0.39 is 0 Å². The van der Waals surface area contributed by atoms with Crippen LogP contribution in [0.25, 0.3) is 11.3 Å². The molecule has 0 aliphatic heterocycles. The van der Waals surface area contributed by atoms with Crippen LogP contribution in [0.15, 0.2) is 53.1 Å². The lowest BCUT2D eigenvalue weighted by molar-refractivity contribution is 0.318. The number of rotatable bonds is 6. The van der Waals surface area contributed by atoms with Gasteiger partial charge in [0.15, 0.2) is 11.5 Å². The first kappa shape index (κ1) is 17.4. The zero-order valence-electron chi connectivity index (χ0n) is 14.2. The standard InChI is InChI=1S/C19H20BrN3O2/c1-3-25-18-9-13(7-8-17(18)24)11-21-19-22-12-16(23(19)2)14-5-4-6-15(20)10-14/h4-10,12,24H,3,11H2,1-2H3,(H,21,22). The maximum absolute atomic E-state index is 9.78. The number of ether oxygens (including phenoxy) is 1. The van der Waals surface area contributed by atoms with Crippen LogP contribution in [0, 0.1) is 0 Å². The number of benzene rings is 2. The van der Waals surface area contributed by atoms with Crippen LogP contribution in [-0.4, -0.2) is 21.3 Å². The quantitative estimate of drug-likeness (QED) is 0.635. The summed E-state index contributed by atoms with van der Waals surface area (Å²) in [4.78, 5) is 4.47. The zero-order valence-corrected chi connectivity index (χ0v) is 15.7. The number of nitrogens with zero attached hydrogens (tertiary/aromatic N) is 2. The van der Waals surface area contributed by atoms with Crippen LogP contribution in [0.2, 0.25) is 0 Å². The summed E-state index contributed by atoms with van der Waals surface area (Å²) in [5.74, 6) is 1.43. The molecule has 3 aromatic rings. The molecule has 0 radical (unpaired) electrons. The lowest BCUT2D eigenvalue weighted by Crippen LogP contribution is -2.06. The van der Waals surface area contributed by atoms with E-state index in [4.69, 9.17) is 4.74 Å². The number of imidazole rings is 1. The summed E-state index contributed by atoms with van der Waals surface area (Å²) in [5.41, 5.74) is 3.14. The minimum absolute atomic E-state index is 0.152. The molecule has 1 aromatic heterocycles. The van der Waals surface area contributed by atoms with Gasteiger partial charge in [-0.15, -0.1) is 0 Å². The Hall–Kier alpha value is -2.47. The maximum atomic E-state index is 9.78. The molecule has 0 bridgehead atoms. The normalized spacial score (nSPS) is 10.7. The maximum Gasteiger partial charge on any atom is 0.203 e. The molecular formula is C19H20BrN3O2. The highest BCUT2D eigenvalue weighted by Gasteiger charge is 2.09. The molecule has 3 rings (SSSR count). The van der Waals surface area contributed by atoms with E-state index in [-0.39, 0.29) is 5.75 Å². The van der Waals surface area contributed by atoms with Gasteiger partial charge in [0, 0.05) is 23.6 Å². The average Bonchev–Trinajstić information content (AvgIpc) is 2.96. The molecule has 0 amide bonds. The van der Waals surface area contributed by atoms with E-state index in [2.05, 4.69) is 38.4 Å². The summed E-state index contributed by atoms with van der Waals surface area (Å²) >= 11 is 3.50. The van der Waals surface area contributed by atoms with Gasteiger partial charge in [-0.1, -0.05) is 34.1 Å². The van der Waals surface area contributed by atoms with Crippen LogP contribution >= 0.6 is 15.9 Å². The molecule has 25 heavy (non-hydrogen) atoms. The van der Waals surface area contributed by atoms with Gasteiger partial charge in [0.25, 0.3) is 0 Å². The van der Waals surface area contributed by atoms with Crippen LogP contribution < -0.4 is 10.1 Å². The Bertz CT molecular complexity index is 877. The summed E-state index contributed by atoms with van der Waals surface area (Å²) in [6.07, 6.45) is 1.85. The molecule has 0 aliphatic carbocycles. The summed E-state index contributed by atoms with van der Waals surface area (Å²) in [6, 6.07) is 13.5. The van der Waals surface area contributed by atoms with E-state index in [1.165, 1.54) is 0 Å². The fourth-order valence-electron chi connectivity index (χ4n) is 2.61. The van der Waals surface area contributed by atoms with Crippen molar-refractivity contribution in [2.75, 3.05) is 11.9 Å². The second-order valence-corrected chi connectivity index (χ2v) is 6.54. The van der Waals surface area contributed by atoms with Gasteiger partial charge in [0.05, 0.1) is 18.5 Å². The molecule has 5 nitrogen and oxygen atoms in total.